The number of esters is 1. The number of methoxy groups -OCH3 is 1. The maximum atomic E-state index is 12.2. The van der Waals surface area contributed by atoms with Gasteiger partial charge in [0.2, 0.25) is 0 Å². The van der Waals surface area contributed by atoms with E-state index in [2.05, 4.69) is 28.4 Å². The van der Waals surface area contributed by atoms with Crippen LogP contribution >= 0.6 is 0 Å². The van der Waals surface area contributed by atoms with Crippen LogP contribution in [-0.2, 0) is 20.7 Å². The molecule has 0 bridgehead atoms. The molecule has 2 unspecified atom stereocenters. The first-order valence-corrected chi connectivity index (χ1v) is 8.16. The fourth-order valence-corrected chi connectivity index (χ4v) is 3.48. The Labute approximate surface area is 137 Å². The Bertz CT molecular complexity index is 626. The number of rotatable bonds is 3. The summed E-state index contributed by atoms with van der Waals surface area (Å²) in [6.07, 6.45) is 2.38. The topological polar surface area (TPSA) is 50.8 Å². The number of nitrogens with one attached hydrogen (secondary N) is 1. The van der Waals surface area contributed by atoms with E-state index in [1.807, 2.05) is 20.0 Å². The minimum absolute atomic E-state index is 0.0210. The number of hydrogen-bond acceptors (Lipinski definition) is 5. The maximum absolute atomic E-state index is 12.2. The third-order valence-electron chi connectivity index (χ3n) is 4.65. The second-order valence-electron chi connectivity index (χ2n) is 5.99. The summed E-state index contributed by atoms with van der Waals surface area (Å²) in [6, 6.07) is 8.02. The fourth-order valence-electron chi connectivity index (χ4n) is 3.48. The number of anilines is 1. The van der Waals surface area contributed by atoms with Gasteiger partial charge in [0, 0.05) is 31.8 Å². The average molecular weight is 316 g/mol. The lowest BCUT2D eigenvalue weighted by atomic mass is 9.93. The van der Waals surface area contributed by atoms with E-state index in [-0.39, 0.29) is 18.1 Å². The van der Waals surface area contributed by atoms with Crippen LogP contribution < -0.4 is 10.2 Å². The first-order chi connectivity index (χ1) is 11.2. The van der Waals surface area contributed by atoms with Gasteiger partial charge >= 0.3 is 5.97 Å². The van der Waals surface area contributed by atoms with Gasteiger partial charge in [-0.05, 0) is 31.4 Å². The zero-order chi connectivity index (χ0) is 16.4. The minimum Gasteiger partial charge on any atom is -0.464 e. The quantitative estimate of drug-likeness (QED) is 0.867. The predicted molar refractivity (Wildman–Crippen MR) is 89.2 cm³/mol. The Morgan fingerprint density at radius 3 is 2.87 bits per heavy atom. The summed E-state index contributed by atoms with van der Waals surface area (Å²) in [5, 5.41) is 3.41. The SMILES string of the molecule is CCOC(=O)C1CCC(OC)C2=C(N1)N(C)c1ccccc1C2. The fraction of sp³-hybridized carbons (Fsp3) is 0.500. The highest BCUT2D eigenvalue weighted by molar-refractivity contribution is 5.77. The van der Waals surface area contributed by atoms with Crippen molar-refractivity contribution >= 4 is 11.7 Å². The molecule has 5 heteroatoms. The summed E-state index contributed by atoms with van der Waals surface area (Å²) in [5.41, 5.74) is 3.66. The molecule has 0 saturated heterocycles. The Morgan fingerprint density at radius 1 is 1.35 bits per heavy atom. The van der Waals surface area contributed by atoms with Gasteiger partial charge in [0.25, 0.3) is 0 Å². The number of carbonyl (C=O) groups excluding carboxylic acids is 1. The number of carbonyl (C=O) groups is 1. The number of fused-ring (bicyclic) bond motifs is 1. The Balaban J connectivity index is 1.95. The summed E-state index contributed by atoms with van der Waals surface area (Å²) in [7, 11) is 3.76. The molecule has 1 aromatic rings. The molecular formula is C18H24N2O3. The lowest BCUT2D eigenvalue weighted by Gasteiger charge is -2.34. The van der Waals surface area contributed by atoms with Gasteiger partial charge in [0.1, 0.15) is 11.9 Å². The van der Waals surface area contributed by atoms with Gasteiger partial charge in [-0.1, -0.05) is 18.2 Å². The molecule has 0 aromatic heterocycles. The van der Waals surface area contributed by atoms with Gasteiger partial charge in [-0.15, -0.1) is 0 Å². The van der Waals surface area contributed by atoms with Crippen molar-refractivity contribution in [2.75, 3.05) is 25.7 Å². The smallest absolute Gasteiger partial charge is 0.328 e. The number of nitrogens with zero attached hydrogens (tertiary/aromatic N) is 1. The standard InChI is InChI=1S/C18H24N2O3/c1-4-23-18(21)14-9-10-16(22-3)13-11-12-7-5-6-8-15(12)20(2)17(13)19-14/h5-8,14,16,19H,4,9-11H2,1-3H3. The second-order valence-corrected chi connectivity index (χ2v) is 5.99. The van der Waals surface area contributed by atoms with Crippen LogP contribution in [0.25, 0.3) is 0 Å². The highest BCUT2D eigenvalue weighted by Gasteiger charge is 2.34. The molecule has 0 fully saturated rings. The van der Waals surface area contributed by atoms with E-state index in [0.717, 1.165) is 24.4 Å². The van der Waals surface area contributed by atoms with Crippen molar-refractivity contribution < 1.29 is 14.3 Å². The van der Waals surface area contributed by atoms with Crippen LogP contribution in [0.15, 0.2) is 35.7 Å². The maximum Gasteiger partial charge on any atom is 0.328 e. The Hall–Kier alpha value is -2.01. The molecule has 0 radical (unpaired) electrons. The first kappa shape index (κ1) is 15.9. The largest absolute Gasteiger partial charge is 0.464 e. The Kier molecular flexibility index (Phi) is 4.57. The zero-order valence-corrected chi connectivity index (χ0v) is 14.0. The molecule has 2 aliphatic rings. The van der Waals surface area contributed by atoms with E-state index in [0.29, 0.717) is 13.0 Å². The van der Waals surface area contributed by atoms with Gasteiger partial charge in [-0.2, -0.15) is 0 Å². The molecule has 2 atom stereocenters. The predicted octanol–water partition coefficient (Wildman–Crippen LogP) is 2.22. The summed E-state index contributed by atoms with van der Waals surface area (Å²) in [4.78, 5) is 14.3. The van der Waals surface area contributed by atoms with Gasteiger partial charge in [0.15, 0.2) is 0 Å². The van der Waals surface area contributed by atoms with E-state index in [4.69, 9.17) is 9.47 Å². The van der Waals surface area contributed by atoms with E-state index in [1.165, 1.54) is 11.1 Å². The van der Waals surface area contributed by atoms with E-state index in [1.54, 1.807) is 7.11 Å². The molecule has 1 aromatic carbocycles. The molecule has 0 spiro atoms. The van der Waals surface area contributed by atoms with Crippen molar-refractivity contribution in [3.05, 3.63) is 41.2 Å². The molecule has 2 aliphatic heterocycles. The minimum atomic E-state index is -0.326. The zero-order valence-electron chi connectivity index (χ0n) is 14.0. The summed E-state index contributed by atoms with van der Waals surface area (Å²) < 4.78 is 10.9. The molecule has 0 saturated carbocycles. The van der Waals surface area contributed by atoms with Crippen LogP contribution in [0.4, 0.5) is 5.69 Å². The molecule has 2 heterocycles. The first-order valence-electron chi connectivity index (χ1n) is 8.16. The summed E-state index contributed by atoms with van der Waals surface area (Å²) >= 11 is 0. The van der Waals surface area contributed by atoms with Crippen molar-refractivity contribution in [2.24, 2.45) is 0 Å². The number of hydrogen-bond donors (Lipinski definition) is 1. The third-order valence-corrected chi connectivity index (χ3v) is 4.65. The molecule has 3 rings (SSSR count). The Morgan fingerprint density at radius 2 is 2.13 bits per heavy atom. The highest BCUT2D eigenvalue weighted by atomic mass is 16.5. The van der Waals surface area contributed by atoms with E-state index >= 15 is 0 Å². The second kappa shape index (κ2) is 6.62. The third kappa shape index (κ3) is 2.93. The lowest BCUT2D eigenvalue weighted by Crippen LogP contribution is -2.43. The monoisotopic (exact) mass is 316 g/mol. The van der Waals surface area contributed by atoms with Crippen LogP contribution in [0.2, 0.25) is 0 Å². The van der Waals surface area contributed by atoms with Crippen molar-refractivity contribution in [3.63, 3.8) is 0 Å². The van der Waals surface area contributed by atoms with Crippen molar-refractivity contribution in [3.8, 4) is 0 Å². The number of para-hydroxylation sites is 1. The van der Waals surface area contributed by atoms with E-state index in [9.17, 15) is 4.79 Å². The van der Waals surface area contributed by atoms with E-state index < -0.39 is 0 Å². The average Bonchev–Trinajstić information content (AvgIpc) is 2.75. The molecule has 0 amide bonds. The number of ether oxygens (including phenoxy) is 2. The lowest BCUT2D eigenvalue weighted by molar-refractivity contribution is -0.145. The molecular weight excluding hydrogens is 292 g/mol. The van der Waals surface area contributed by atoms with Crippen molar-refractivity contribution in [1.82, 2.24) is 5.32 Å². The van der Waals surface area contributed by atoms with Crippen LogP contribution in [0.3, 0.4) is 0 Å². The normalized spacial score (nSPS) is 23.5. The van der Waals surface area contributed by atoms with Gasteiger partial charge in [0.05, 0.1) is 12.7 Å². The molecule has 124 valence electrons. The van der Waals surface area contributed by atoms with Crippen LogP contribution in [0, 0.1) is 0 Å². The number of benzene rings is 1. The van der Waals surface area contributed by atoms with Crippen LogP contribution in [-0.4, -0.2) is 38.9 Å². The van der Waals surface area contributed by atoms with Crippen LogP contribution in [0.1, 0.15) is 25.3 Å². The van der Waals surface area contributed by atoms with Crippen molar-refractivity contribution in [2.45, 2.75) is 38.3 Å². The summed E-state index contributed by atoms with van der Waals surface area (Å²) in [6.45, 7) is 2.23. The van der Waals surface area contributed by atoms with Gasteiger partial charge < -0.3 is 19.7 Å². The molecule has 0 aliphatic carbocycles. The summed E-state index contributed by atoms with van der Waals surface area (Å²) in [5.74, 6) is 0.787. The molecule has 1 N–H and O–H groups in total. The van der Waals surface area contributed by atoms with Crippen molar-refractivity contribution in [1.29, 1.82) is 0 Å². The molecule has 23 heavy (non-hydrogen) atoms. The van der Waals surface area contributed by atoms with Gasteiger partial charge in [-0.3, -0.25) is 0 Å². The molecule has 5 nitrogen and oxygen atoms in total. The highest BCUT2D eigenvalue weighted by Crippen LogP contribution is 2.35. The van der Waals surface area contributed by atoms with Crippen LogP contribution in [0.5, 0.6) is 0 Å². The van der Waals surface area contributed by atoms with Gasteiger partial charge in [-0.25, -0.2) is 4.79 Å².